The van der Waals surface area contributed by atoms with Crippen LogP contribution in [0.5, 0.6) is 0 Å². The van der Waals surface area contributed by atoms with Crippen molar-refractivity contribution < 1.29 is 58.2 Å². The van der Waals surface area contributed by atoms with E-state index in [1.54, 1.807) is 0 Å². The van der Waals surface area contributed by atoms with Crippen LogP contribution in [0.25, 0.3) is 0 Å². The zero-order valence-electron chi connectivity index (χ0n) is 44.7. The summed E-state index contributed by atoms with van der Waals surface area (Å²) < 4.78 is 28.3. The van der Waals surface area contributed by atoms with Gasteiger partial charge < -0.3 is 39.0 Å². The summed E-state index contributed by atoms with van der Waals surface area (Å²) in [7, 11) is 0. The van der Waals surface area contributed by atoms with Gasteiger partial charge in [0, 0.05) is 19.3 Å². The molecule has 0 spiro atoms. The molecule has 6 atom stereocenters. The highest BCUT2D eigenvalue weighted by molar-refractivity contribution is 5.74. The minimum Gasteiger partial charge on any atom is -0.479 e. The molecule has 0 radical (unpaired) electrons. The highest BCUT2D eigenvalue weighted by Crippen LogP contribution is 2.26. The summed E-state index contributed by atoms with van der Waals surface area (Å²) in [6.07, 6.45) is 44.8. The standard InChI is InChI=1S/C59H100O12/c1-4-7-10-13-16-19-22-25-26-29-32-35-38-41-44-47-53(62)70-57-55(64)54(63)56(58(65)66)71-59(57)68-49-50(69-52(61)46-43-40-37-34-31-28-24-21-18-15-12-9-6-3)48-67-51(60)45-42-39-36-33-30-27-23-20-17-14-11-8-5-2/h8,11,16-17,19-20,25-27,30,50,54-57,59,63-64H,4-7,9-10,12-15,18,21-24,28-29,31-49H2,1-3H3,(H,65,66)/b11-8-,19-16-,20-17-,26-25-,30-27-. The van der Waals surface area contributed by atoms with Gasteiger partial charge in [0.1, 0.15) is 18.8 Å². The number of rotatable bonds is 47. The van der Waals surface area contributed by atoms with Gasteiger partial charge in [-0.05, 0) is 83.5 Å². The Hall–Kier alpha value is -3.58. The van der Waals surface area contributed by atoms with Crippen LogP contribution in [0.4, 0.5) is 0 Å². The fourth-order valence-electron chi connectivity index (χ4n) is 8.24. The molecule has 3 N–H and O–H groups in total. The van der Waals surface area contributed by atoms with Gasteiger partial charge in [-0.25, -0.2) is 4.79 Å². The third-order valence-electron chi connectivity index (χ3n) is 12.6. The van der Waals surface area contributed by atoms with E-state index in [9.17, 15) is 34.5 Å². The molecule has 1 fully saturated rings. The number of carboxylic acid groups (broad SMARTS) is 1. The Kier molecular flexibility index (Phi) is 43.7. The fourth-order valence-corrected chi connectivity index (χ4v) is 8.24. The molecule has 0 bridgehead atoms. The van der Waals surface area contributed by atoms with Gasteiger partial charge in [-0.2, -0.15) is 0 Å². The van der Waals surface area contributed by atoms with E-state index in [-0.39, 0.29) is 25.9 Å². The average molecular weight is 1000 g/mol. The van der Waals surface area contributed by atoms with Crippen LogP contribution in [0.2, 0.25) is 0 Å². The zero-order chi connectivity index (χ0) is 51.8. The van der Waals surface area contributed by atoms with Crippen LogP contribution in [0.1, 0.15) is 239 Å². The van der Waals surface area contributed by atoms with Gasteiger partial charge in [0.05, 0.1) is 6.61 Å². The van der Waals surface area contributed by atoms with E-state index >= 15 is 0 Å². The van der Waals surface area contributed by atoms with Crippen molar-refractivity contribution >= 4 is 23.9 Å². The first-order valence-corrected chi connectivity index (χ1v) is 28.3. The van der Waals surface area contributed by atoms with Gasteiger partial charge in [-0.15, -0.1) is 0 Å². The summed E-state index contributed by atoms with van der Waals surface area (Å²) in [5.74, 6) is -3.17. The molecular formula is C59H100O12. The first-order valence-electron chi connectivity index (χ1n) is 28.3. The summed E-state index contributed by atoms with van der Waals surface area (Å²) in [6, 6.07) is 0. The number of carbonyl (C=O) groups excluding carboxylic acids is 3. The van der Waals surface area contributed by atoms with E-state index < -0.39 is 67.3 Å². The van der Waals surface area contributed by atoms with E-state index in [0.29, 0.717) is 19.3 Å². The first-order chi connectivity index (χ1) is 34.6. The maximum atomic E-state index is 13.1. The third-order valence-corrected chi connectivity index (χ3v) is 12.6. The minimum absolute atomic E-state index is 0.0417. The fraction of sp³-hybridized carbons (Fsp3) is 0.763. The molecule has 0 aromatic rings. The van der Waals surface area contributed by atoms with E-state index in [2.05, 4.69) is 81.5 Å². The third kappa shape index (κ3) is 37.8. The average Bonchev–Trinajstić information content (AvgIpc) is 3.35. The maximum absolute atomic E-state index is 13.1. The summed E-state index contributed by atoms with van der Waals surface area (Å²) >= 11 is 0. The van der Waals surface area contributed by atoms with Gasteiger partial charge in [0.2, 0.25) is 0 Å². The van der Waals surface area contributed by atoms with Crippen molar-refractivity contribution in [3.05, 3.63) is 60.8 Å². The molecule has 1 saturated heterocycles. The second kappa shape index (κ2) is 47.4. The number of carboxylic acids is 1. The molecule has 0 amide bonds. The van der Waals surface area contributed by atoms with Gasteiger partial charge in [-0.3, -0.25) is 14.4 Å². The first kappa shape index (κ1) is 65.4. The quantitative estimate of drug-likeness (QED) is 0.0228. The Morgan fingerprint density at radius 3 is 1.39 bits per heavy atom. The van der Waals surface area contributed by atoms with Crippen LogP contribution < -0.4 is 0 Å². The predicted molar refractivity (Wildman–Crippen MR) is 285 cm³/mol. The minimum atomic E-state index is -1.91. The number of hydrogen-bond donors (Lipinski definition) is 3. The number of unbranched alkanes of at least 4 members (excludes halogenated alkanes) is 23. The molecule has 1 rings (SSSR count). The van der Waals surface area contributed by atoms with E-state index in [0.717, 1.165) is 103 Å². The molecule has 408 valence electrons. The summed E-state index contributed by atoms with van der Waals surface area (Å²) in [5, 5.41) is 31.4. The van der Waals surface area contributed by atoms with E-state index in [1.807, 2.05) is 0 Å². The van der Waals surface area contributed by atoms with Crippen LogP contribution in [-0.2, 0) is 42.9 Å². The van der Waals surface area contributed by atoms with Crippen LogP contribution in [0.3, 0.4) is 0 Å². The van der Waals surface area contributed by atoms with Crippen molar-refractivity contribution in [3.63, 3.8) is 0 Å². The molecule has 0 aromatic carbocycles. The van der Waals surface area contributed by atoms with E-state index in [1.165, 1.54) is 77.0 Å². The Morgan fingerprint density at radius 2 is 0.887 bits per heavy atom. The number of hydrogen-bond acceptors (Lipinski definition) is 11. The normalized spacial score (nSPS) is 18.9. The number of aliphatic carboxylic acids is 1. The number of aliphatic hydroxyl groups excluding tert-OH is 2. The maximum Gasteiger partial charge on any atom is 0.335 e. The SMILES string of the molecule is CC/C=C\C/C=C\C/C=C\CCCCCC(=O)OCC(COC1OC(C(=O)O)C(O)C(O)C1OC(=O)CCCCCCC/C=C\C/C=C\CCCCC)OC(=O)CCCCCCCCCCCCCCC. The van der Waals surface area contributed by atoms with Crippen molar-refractivity contribution in [2.24, 2.45) is 0 Å². The van der Waals surface area contributed by atoms with Crippen LogP contribution in [0.15, 0.2) is 60.8 Å². The Balaban J connectivity index is 2.73. The van der Waals surface area contributed by atoms with Gasteiger partial charge in [0.25, 0.3) is 0 Å². The molecule has 6 unspecified atom stereocenters. The molecule has 0 saturated carbocycles. The molecule has 1 aliphatic heterocycles. The van der Waals surface area contributed by atoms with Crippen molar-refractivity contribution in [1.29, 1.82) is 0 Å². The summed E-state index contributed by atoms with van der Waals surface area (Å²) in [6.45, 7) is 5.81. The Morgan fingerprint density at radius 1 is 0.479 bits per heavy atom. The van der Waals surface area contributed by atoms with Crippen LogP contribution in [0, 0.1) is 0 Å². The lowest BCUT2D eigenvalue weighted by molar-refractivity contribution is -0.301. The van der Waals surface area contributed by atoms with Crippen molar-refractivity contribution in [3.8, 4) is 0 Å². The molecule has 71 heavy (non-hydrogen) atoms. The van der Waals surface area contributed by atoms with Crippen molar-refractivity contribution in [1.82, 2.24) is 0 Å². The summed E-state index contributed by atoms with van der Waals surface area (Å²) in [5.41, 5.74) is 0. The second-order valence-electron chi connectivity index (χ2n) is 19.2. The molecule has 1 heterocycles. The lowest BCUT2D eigenvalue weighted by Crippen LogP contribution is -2.61. The zero-order valence-corrected chi connectivity index (χ0v) is 44.7. The molecule has 1 aliphatic rings. The predicted octanol–water partition coefficient (Wildman–Crippen LogP) is 14.0. The molecule has 0 aliphatic carbocycles. The number of aliphatic hydroxyl groups is 2. The summed E-state index contributed by atoms with van der Waals surface area (Å²) in [4.78, 5) is 51.0. The smallest absolute Gasteiger partial charge is 0.335 e. The molecule has 12 heteroatoms. The Labute approximate surface area is 430 Å². The topological polar surface area (TPSA) is 175 Å². The van der Waals surface area contributed by atoms with Crippen LogP contribution >= 0.6 is 0 Å². The number of allylic oxidation sites excluding steroid dienone is 10. The lowest BCUT2D eigenvalue weighted by atomic mass is 9.98. The second-order valence-corrected chi connectivity index (χ2v) is 19.2. The monoisotopic (exact) mass is 1000 g/mol. The molecule has 12 nitrogen and oxygen atoms in total. The Bertz CT molecular complexity index is 1470. The van der Waals surface area contributed by atoms with Crippen molar-refractivity contribution in [2.75, 3.05) is 13.2 Å². The molecular weight excluding hydrogens is 901 g/mol. The van der Waals surface area contributed by atoms with Crippen molar-refractivity contribution in [2.45, 2.75) is 276 Å². The number of ether oxygens (including phenoxy) is 5. The number of carbonyl (C=O) groups is 4. The van der Waals surface area contributed by atoms with E-state index in [4.69, 9.17) is 23.7 Å². The number of esters is 3. The van der Waals surface area contributed by atoms with Gasteiger partial charge >= 0.3 is 23.9 Å². The highest BCUT2D eigenvalue weighted by atomic mass is 16.7. The largest absolute Gasteiger partial charge is 0.479 e. The van der Waals surface area contributed by atoms with Crippen LogP contribution in [-0.4, -0.2) is 89.2 Å². The molecule has 0 aromatic heterocycles. The lowest BCUT2D eigenvalue weighted by Gasteiger charge is -2.40. The highest BCUT2D eigenvalue weighted by Gasteiger charge is 2.50. The van der Waals surface area contributed by atoms with Gasteiger partial charge in [0.15, 0.2) is 24.6 Å². The van der Waals surface area contributed by atoms with Gasteiger partial charge in [-0.1, -0.05) is 197 Å².